The van der Waals surface area contributed by atoms with Crippen molar-refractivity contribution < 1.29 is 13.7 Å². The molecule has 1 N–H and O–H groups in total. The Morgan fingerprint density at radius 2 is 1.82 bits per heavy atom. The van der Waals surface area contributed by atoms with Crippen molar-refractivity contribution in [3.05, 3.63) is 76.7 Å². The molecule has 1 fully saturated rings. The van der Waals surface area contributed by atoms with Crippen LogP contribution in [0, 0.1) is 5.82 Å². The molecule has 3 heterocycles. The molecule has 0 spiro atoms. The van der Waals surface area contributed by atoms with E-state index >= 15 is 0 Å². The Kier molecular flexibility index (Phi) is 5.60. The standard InChI is InChI=1S/C24H22FN5O3/c25-18-6-2-4-8-20(18)29-11-13-30(14-12-29)22(31)10-9-21-27-23(28-33-21)17-15-16-5-1-3-7-19(16)26-24(17)32/h1-8,15H,9-14H2,(H,26,32). The molecule has 1 aliphatic rings. The minimum Gasteiger partial charge on any atom is -0.366 e. The van der Waals surface area contributed by atoms with Crippen LogP contribution in [0.5, 0.6) is 0 Å². The number of carbonyl (C=O) groups excluding carboxylic acids is 1. The highest BCUT2D eigenvalue weighted by molar-refractivity contribution is 5.82. The van der Waals surface area contributed by atoms with Gasteiger partial charge in [-0.1, -0.05) is 35.5 Å². The first-order valence-electron chi connectivity index (χ1n) is 10.8. The second-order valence-corrected chi connectivity index (χ2v) is 7.93. The fraction of sp³-hybridized carbons (Fsp3) is 0.250. The van der Waals surface area contributed by atoms with Crippen LogP contribution in [-0.2, 0) is 11.2 Å². The van der Waals surface area contributed by atoms with Gasteiger partial charge in [0.05, 0.1) is 11.3 Å². The highest BCUT2D eigenvalue weighted by atomic mass is 19.1. The molecule has 9 heteroatoms. The molecule has 33 heavy (non-hydrogen) atoms. The summed E-state index contributed by atoms with van der Waals surface area (Å²) in [7, 11) is 0. The Balaban J connectivity index is 1.19. The number of piperazine rings is 1. The molecule has 2 aromatic heterocycles. The fourth-order valence-corrected chi connectivity index (χ4v) is 4.06. The van der Waals surface area contributed by atoms with E-state index in [1.807, 2.05) is 29.2 Å². The van der Waals surface area contributed by atoms with E-state index in [-0.39, 0.29) is 35.9 Å². The lowest BCUT2D eigenvalue weighted by Gasteiger charge is -2.36. The number of halogens is 1. The van der Waals surface area contributed by atoms with Gasteiger partial charge in [-0.05, 0) is 29.7 Å². The molecule has 2 aromatic carbocycles. The maximum atomic E-state index is 14.0. The van der Waals surface area contributed by atoms with Gasteiger partial charge in [-0.25, -0.2) is 4.39 Å². The van der Waals surface area contributed by atoms with Crippen LogP contribution in [0.15, 0.2) is 63.9 Å². The number of pyridine rings is 1. The van der Waals surface area contributed by atoms with Gasteiger partial charge in [-0.2, -0.15) is 4.98 Å². The number of amides is 1. The molecule has 0 radical (unpaired) electrons. The Labute approximate surface area is 188 Å². The van der Waals surface area contributed by atoms with Gasteiger partial charge in [0.25, 0.3) is 5.56 Å². The summed E-state index contributed by atoms with van der Waals surface area (Å²) >= 11 is 0. The number of anilines is 1. The molecule has 1 amide bonds. The summed E-state index contributed by atoms with van der Waals surface area (Å²) in [5.74, 6) is 0.222. The van der Waals surface area contributed by atoms with Crippen molar-refractivity contribution in [2.75, 3.05) is 31.1 Å². The first-order valence-corrected chi connectivity index (χ1v) is 10.8. The second kappa shape index (κ2) is 8.85. The van der Waals surface area contributed by atoms with Gasteiger partial charge >= 0.3 is 0 Å². The van der Waals surface area contributed by atoms with Crippen LogP contribution in [0.1, 0.15) is 12.3 Å². The number of aromatic amines is 1. The van der Waals surface area contributed by atoms with E-state index in [2.05, 4.69) is 15.1 Å². The van der Waals surface area contributed by atoms with Crippen molar-refractivity contribution in [3.8, 4) is 11.4 Å². The van der Waals surface area contributed by atoms with E-state index in [9.17, 15) is 14.0 Å². The smallest absolute Gasteiger partial charge is 0.259 e. The molecule has 1 aliphatic heterocycles. The molecule has 8 nitrogen and oxygen atoms in total. The number of H-pyrrole nitrogens is 1. The first-order chi connectivity index (χ1) is 16.1. The van der Waals surface area contributed by atoms with Crippen molar-refractivity contribution in [2.45, 2.75) is 12.8 Å². The van der Waals surface area contributed by atoms with Crippen LogP contribution in [0.2, 0.25) is 0 Å². The van der Waals surface area contributed by atoms with Crippen LogP contribution < -0.4 is 10.5 Å². The third kappa shape index (κ3) is 4.34. The number of aryl methyl sites for hydroxylation is 1. The third-order valence-electron chi connectivity index (χ3n) is 5.84. The Morgan fingerprint density at radius 3 is 2.64 bits per heavy atom. The van der Waals surface area contributed by atoms with E-state index in [1.54, 1.807) is 29.2 Å². The predicted molar refractivity (Wildman–Crippen MR) is 121 cm³/mol. The normalized spacial score (nSPS) is 14.1. The SMILES string of the molecule is O=C(CCc1nc(-c2cc3ccccc3[nH]c2=O)no1)N1CCN(c2ccccc2F)CC1. The zero-order chi connectivity index (χ0) is 22.8. The van der Waals surface area contributed by atoms with Crippen LogP contribution in [-0.4, -0.2) is 52.1 Å². The van der Waals surface area contributed by atoms with Gasteiger partial charge in [-0.15, -0.1) is 0 Å². The maximum Gasteiger partial charge on any atom is 0.259 e. The number of aromatic nitrogens is 3. The number of benzene rings is 2. The predicted octanol–water partition coefficient (Wildman–Crippen LogP) is 3.00. The average molecular weight is 447 g/mol. The van der Waals surface area contributed by atoms with Crippen molar-refractivity contribution in [1.82, 2.24) is 20.0 Å². The number of hydrogen-bond acceptors (Lipinski definition) is 6. The lowest BCUT2D eigenvalue weighted by molar-refractivity contribution is -0.131. The molecule has 0 aliphatic carbocycles. The van der Waals surface area contributed by atoms with E-state index in [0.717, 1.165) is 10.9 Å². The van der Waals surface area contributed by atoms with Crippen LogP contribution in [0.25, 0.3) is 22.3 Å². The minimum absolute atomic E-state index is 0.0218. The Hall–Kier alpha value is -4.01. The molecular weight excluding hydrogens is 425 g/mol. The molecule has 0 unspecified atom stereocenters. The van der Waals surface area contributed by atoms with Crippen LogP contribution in [0.4, 0.5) is 10.1 Å². The summed E-state index contributed by atoms with van der Waals surface area (Å²) in [6, 6.07) is 15.8. The molecular formula is C24H22FN5O3. The quantitative estimate of drug-likeness (QED) is 0.505. The van der Waals surface area contributed by atoms with Gasteiger partial charge in [0.1, 0.15) is 5.82 Å². The number of rotatable bonds is 5. The maximum absolute atomic E-state index is 14.0. The van der Waals surface area contributed by atoms with Gasteiger partial charge in [-0.3, -0.25) is 9.59 Å². The molecule has 1 saturated heterocycles. The lowest BCUT2D eigenvalue weighted by atomic mass is 10.1. The molecule has 5 rings (SSSR count). The largest absolute Gasteiger partial charge is 0.366 e. The van der Waals surface area contributed by atoms with Gasteiger partial charge in [0, 0.05) is 44.5 Å². The van der Waals surface area contributed by atoms with Crippen molar-refractivity contribution in [1.29, 1.82) is 0 Å². The van der Waals surface area contributed by atoms with E-state index in [1.165, 1.54) is 6.07 Å². The van der Waals surface area contributed by atoms with E-state index in [0.29, 0.717) is 43.3 Å². The summed E-state index contributed by atoms with van der Waals surface area (Å²) in [5.41, 5.74) is 1.31. The summed E-state index contributed by atoms with van der Waals surface area (Å²) in [5, 5.41) is 4.79. The lowest BCUT2D eigenvalue weighted by Crippen LogP contribution is -2.49. The number of nitrogens with zero attached hydrogens (tertiary/aromatic N) is 4. The Bertz CT molecular complexity index is 1360. The average Bonchev–Trinajstić information content (AvgIpc) is 3.31. The molecule has 0 atom stereocenters. The van der Waals surface area contributed by atoms with E-state index in [4.69, 9.17) is 4.52 Å². The topological polar surface area (TPSA) is 95.3 Å². The highest BCUT2D eigenvalue weighted by Crippen LogP contribution is 2.21. The number of fused-ring (bicyclic) bond motifs is 1. The summed E-state index contributed by atoms with van der Waals surface area (Å²) in [4.78, 5) is 35.9. The summed E-state index contributed by atoms with van der Waals surface area (Å²) in [6.07, 6.45) is 0.500. The van der Waals surface area contributed by atoms with Crippen molar-refractivity contribution in [3.63, 3.8) is 0 Å². The zero-order valence-electron chi connectivity index (χ0n) is 17.8. The van der Waals surface area contributed by atoms with Gasteiger partial charge in [0.15, 0.2) is 0 Å². The minimum atomic E-state index is -0.301. The monoisotopic (exact) mass is 447 g/mol. The van der Waals surface area contributed by atoms with Crippen LogP contribution >= 0.6 is 0 Å². The number of carbonyl (C=O) groups is 1. The molecule has 4 aromatic rings. The number of nitrogens with one attached hydrogen (secondary N) is 1. The number of hydrogen-bond donors (Lipinski definition) is 1. The zero-order valence-corrected chi connectivity index (χ0v) is 17.8. The highest BCUT2D eigenvalue weighted by Gasteiger charge is 2.23. The molecule has 0 bridgehead atoms. The molecule has 168 valence electrons. The first kappa shape index (κ1) is 20.9. The number of para-hydroxylation sites is 2. The third-order valence-corrected chi connectivity index (χ3v) is 5.84. The van der Waals surface area contributed by atoms with Gasteiger partial charge < -0.3 is 19.3 Å². The van der Waals surface area contributed by atoms with Crippen molar-refractivity contribution >= 4 is 22.5 Å². The van der Waals surface area contributed by atoms with E-state index < -0.39 is 0 Å². The van der Waals surface area contributed by atoms with Crippen LogP contribution in [0.3, 0.4) is 0 Å². The Morgan fingerprint density at radius 1 is 1.06 bits per heavy atom. The second-order valence-electron chi connectivity index (χ2n) is 7.93. The summed E-state index contributed by atoms with van der Waals surface area (Å²) < 4.78 is 19.3. The fourth-order valence-electron chi connectivity index (χ4n) is 4.06. The summed E-state index contributed by atoms with van der Waals surface area (Å²) in [6.45, 7) is 2.19. The molecule has 0 saturated carbocycles. The van der Waals surface area contributed by atoms with Gasteiger partial charge in [0.2, 0.25) is 17.6 Å². The van der Waals surface area contributed by atoms with Crippen molar-refractivity contribution in [2.24, 2.45) is 0 Å².